The van der Waals surface area contributed by atoms with Crippen LogP contribution in [0, 0.1) is 0 Å². The third kappa shape index (κ3) is 3.37. The van der Waals surface area contributed by atoms with Crippen LogP contribution in [0.2, 0.25) is 0 Å². The van der Waals surface area contributed by atoms with Crippen LogP contribution in [0.3, 0.4) is 0 Å². The lowest BCUT2D eigenvalue weighted by atomic mass is 9.81. The van der Waals surface area contributed by atoms with Gasteiger partial charge in [0, 0.05) is 18.1 Å². The molecule has 116 valence electrons. The third-order valence-electron chi connectivity index (χ3n) is 5.39. The molecule has 20 heavy (non-hydrogen) atoms. The van der Waals surface area contributed by atoms with Gasteiger partial charge in [-0.2, -0.15) is 0 Å². The van der Waals surface area contributed by atoms with Crippen LogP contribution in [0.1, 0.15) is 51.4 Å². The lowest BCUT2D eigenvalue weighted by molar-refractivity contribution is 0.129. The van der Waals surface area contributed by atoms with Crippen molar-refractivity contribution in [2.75, 3.05) is 31.1 Å². The summed E-state index contributed by atoms with van der Waals surface area (Å²) in [4.78, 5) is 2.50. The average molecular weight is 300 g/mol. The van der Waals surface area contributed by atoms with E-state index in [2.05, 4.69) is 10.2 Å². The van der Waals surface area contributed by atoms with Crippen molar-refractivity contribution in [1.29, 1.82) is 0 Å². The molecule has 3 fully saturated rings. The molecule has 1 unspecified atom stereocenters. The van der Waals surface area contributed by atoms with E-state index < -0.39 is 9.84 Å². The van der Waals surface area contributed by atoms with Crippen molar-refractivity contribution in [2.24, 2.45) is 0 Å². The third-order valence-corrected chi connectivity index (χ3v) is 7.20. The molecule has 1 N–H and O–H groups in total. The maximum atomic E-state index is 11.9. The van der Waals surface area contributed by atoms with E-state index in [0.29, 0.717) is 11.5 Å². The van der Waals surface area contributed by atoms with Crippen molar-refractivity contribution in [3.05, 3.63) is 0 Å². The Labute approximate surface area is 123 Å². The minimum absolute atomic E-state index is 0.271. The maximum Gasteiger partial charge on any atom is 0.151 e. The van der Waals surface area contributed by atoms with Gasteiger partial charge in [-0.05, 0) is 45.2 Å². The van der Waals surface area contributed by atoms with Crippen LogP contribution in [0.4, 0.5) is 0 Å². The van der Waals surface area contributed by atoms with Crippen molar-refractivity contribution >= 4 is 9.84 Å². The first-order valence-electron chi connectivity index (χ1n) is 8.28. The number of nitrogens with one attached hydrogen (secondary N) is 1. The van der Waals surface area contributed by atoms with E-state index in [1.165, 1.54) is 32.1 Å². The Bertz CT molecular complexity index is 429. The molecule has 0 bridgehead atoms. The Hall–Kier alpha value is -0.130. The van der Waals surface area contributed by atoms with Gasteiger partial charge in [0.15, 0.2) is 9.84 Å². The zero-order valence-corrected chi connectivity index (χ0v) is 13.3. The molecular weight excluding hydrogens is 272 g/mol. The van der Waals surface area contributed by atoms with Crippen LogP contribution in [0.25, 0.3) is 0 Å². The highest BCUT2D eigenvalue weighted by Gasteiger charge is 2.38. The molecule has 3 rings (SSSR count). The van der Waals surface area contributed by atoms with Gasteiger partial charge in [-0.3, -0.25) is 4.90 Å². The molecule has 0 aromatic carbocycles. The summed E-state index contributed by atoms with van der Waals surface area (Å²) in [5.74, 6) is 0.795. The van der Waals surface area contributed by atoms with Crippen molar-refractivity contribution in [2.45, 2.75) is 62.9 Å². The molecule has 1 saturated carbocycles. The summed E-state index contributed by atoms with van der Waals surface area (Å²) in [6.45, 7) is 3.22. The fourth-order valence-corrected chi connectivity index (χ4v) is 6.06. The Balaban J connectivity index is 1.71. The van der Waals surface area contributed by atoms with E-state index in [0.717, 1.165) is 38.9 Å². The second-order valence-corrected chi connectivity index (χ2v) is 9.23. The highest BCUT2D eigenvalue weighted by Crippen LogP contribution is 2.32. The highest BCUT2D eigenvalue weighted by molar-refractivity contribution is 7.91. The Kier molecular flexibility index (Phi) is 4.39. The molecule has 2 heterocycles. The van der Waals surface area contributed by atoms with E-state index in [1.807, 2.05) is 0 Å². The van der Waals surface area contributed by atoms with Gasteiger partial charge < -0.3 is 5.32 Å². The first-order valence-corrected chi connectivity index (χ1v) is 10.1. The highest BCUT2D eigenvalue weighted by atomic mass is 32.2. The van der Waals surface area contributed by atoms with Crippen molar-refractivity contribution in [3.8, 4) is 0 Å². The summed E-state index contributed by atoms with van der Waals surface area (Å²) in [6, 6.07) is 0.271. The van der Waals surface area contributed by atoms with Gasteiger partial charge >= 0.3 is 0 Å². The van der Waals surface area contributed by atoms with Crippen LogP contribution in [-0.2, 0) is 9.84 Å². The predicted molar refractivity (Wildman–Crippen MR) is 81.7 cm³/mol. The van der Waals surface area contributed by atoms with E-state index in [9.17, 15) is 8.42 Å². The average Bonchev–Trinajstić information content (AvgIpc) is 2.62. The van der Waals surface area contributed by atoms with E-state index in [1.54, 1.807) is 0 Å². The molecule has 0 amide bonds. The molecule has 0 aromatic heterocycles. The molecule has 1 aliphatic carbocycles. The van der Waals surface area contributed by atoms with Gasteiger partial charge in [0.1, 0.15) is 0 Å². The second kappa shape index (κ2) is 5.93. The molecule has 1 spiro atoms. The fraction of sp³-hybridized carbons (Fsp3) is 1.00. The maximum absolute atomic E-state index is 11.9. The molecule has 2 saturated heterocycles. The Morgan fingerprint density at radius 2 is 1.85 bits per heavy atom. The van der Waals surface area contributed by atoms with Gasteiger partial charge in [0.2, 0.25) is 0 Å². The molecule has 4 nitrogen and oxygen atoms in total. The zero-order chi connectivity index (χ0) is 14.1. The van der Waals surface area contributed by atoms with Crippen molar-refractivity contribution < 1.29 is 8.42 Å². The smallest absolute Gasteiger partial charge is 0.151 e. The Morgan fingerprint density at radius 1 is 1.05 bits per heavy atom. The van der Waals surface area contributed by atoms with Crippen LogP contribution in [0.15, 0.2) is 0 Å². The number of sulfone groups is 1. The topological polar surface area (TPSA) is 49.4 Å². The van der Waals surface area contributed by atoms with Crippen LogP contribution < -0.4 is 5.32 Å². The minimum Gasteiger partial charge on any atom is -0.310 e. The summed E-state index contributed by atoms with van der Waals surface area (Å²) in [5.41, 5.74) is 0.274. The summed E-state index contributed by atoms with van der Waals surface area (Å²) in [7, 11) is -2.80. The molecule has 2 aliphatic heterocycles. The van der Waals surface area contributed by atoms with Crippen LogP contribution >= 0.6 is 0 Å². The first-order chi connectivity index (χ1) is 9.59. The van der Waals surface area contributed by atoms with E-state index in [-0.39, 0.29) is 11.6 Å². The van der Waals surface area contributed by atoms with E-state index in [4.69, 9.17) is 0 Å². The molecule has 1 atom stereocenters. The van der Waals surface area contributed by atoms with Gasteiger partial charge in [-0.25, -0.2) is 8.42 Å². The van der Waals surface area contributed by atoms with Crippen LogP contribution in [0.5, 0.6) is 0 Å². The summed E-state index contributed by atoms with van der Waals surface area (Å²) >= 11 is 0. The molecular formula is C15H28N2O2S. The quantitative estimate of drug-likeness (QED) is 0.798. The van der Waals surface area contributed by atoms with Gasteiger partial charge in [0.05, 0.1) is 11.5 Å². The predicted octanol–water partition coefficient (Wildman–Crippen LogP) is 1.56. The largest absolute Gasteiger partial charge is 0.310 e. The van der Waals surface area contributed by atoms with E-state index >= 15 is 0 Å². The second-order valence-electron chi connectivity index (χ2n) is 7.00. The normalized spacial score (nSPS) is 34.7. The lowest BCUT2D eigenvalue weighted by Gasteiger charge is -2.43. The van der Waals surface area contributed by atoms with Crippen molar-refractivity contribution in [1.82, 2.24) is 10.2 Å². The van der Waals surface area contributed by atoms with Crippen molar-refractivity contribution in [3.63, 3.8) is 0 Å². The molecule has 0 aromatic rings. The number of hydrogen-bond acceptors (Lipinski definition) is 4. The number of hydrogen-bond donors (Lipinski definition) is 1. The lowest BCUT2D eigenvalue weighted by Crippen LogP contribution is -2.55. The summed E-state index contributed by atoms with van der Waals surface area (Å²) < 4.78 is 23.8. The summed E-state index contributed by atoms with van der Waals surface area (Å²) in [6.07, 6.45) is 9.61. The zero-order valence-electron chi connectivity index (χ0n) is 12.4. The standard InChI is InChI=1S/C15H28N2O2S/c18-20(19)11-4-6-14(12-20)17-10-5-9-16-15(13-17)7-2-1-3-8-15/h14,16H,1-13H2. The Morgan fingerprint density at radius 3 is 2.60 bits per heavy atom. The number of nitrogens with zero attached hydrogens (tertiary/aromatic N) is 1. The first kappa shape index (κ1) is 14.8. The molecule has 3 aliphatic rings. The van der Waals surface area contributed by atoms with Gasteiger partial charge in [-0.15, -0.1) is 0 Å². The minimum atomic E-state index is -2.80. The van der Waals surface area contributed by atoms with Crippen LogP contribution in [-0.4, -0.2) is 56.0 Å². The number of rotatable bonds is 1. The van der Waals surface area contributed by atoms with Gasteiger partial charge in [0.25, 0.3) is 0 Å². The summed E-state index contributed by atoms with van der Waals surface area (Å²) in [5, 5.41) is 3.80. The van der Waals surface area contributed by atoms with Gasteiger partial charge in [-0.1, -0.05) is 19.3 Å². The molecule has 0 radical (unpaired) electrons. The molecule has 5 heteroatoms. The SMILES string of the molecule is O=S1(=O)CCCC(N2CCCNC3(CCCCC3)C2)C1. The fourth-order valence-electron chi connectivity index (χ4n) is 4.32. The monoisotopic (exact) mass is 300 g/mol.